The molecule has 2 amide bonds. The number of ether oxygens (including phenoxy) is 2. The second kappa shape index (κ2) is 10.3. The quantitative estimate of drug-likeness (QED) is 0.424. The van der Waals surface area contributed by atoms with E-state index in [1.807, 2.05) is 43.3 Å². The molecule has 0 saturated heterocycles. The van der Waals surface area contributed by atoms with Crippen molar-refractivity contribution in [3.8, 4) is 11.5 Å². The minimum absolute atomic E-state index is 0.0437. The Morgan fingerprint density at radius 1 is 0.941 bits per heavy atom. The summed E-state index contributed by atoms with van der Waals surface area (Å²) in [5.41, 5.74) is 1.71. The molecule has 0 spiro atoms. The number of carbonyl (C=O) groups excluding carboxylic acids is 2. The predicted molar refractivity (Wildman–Crippen MR) is 129 cm³/mol. The number of hydrogen-bond acceptors (Lipinski definition) is 6. The van der Waals surface area contributed by atoms with Crippen LogP contribution in [0.5, 0.6) is 11.5 Å². The van der Waals surface area contributed by atoms with E-state index in [2.05, 4.69) is 19.2 Å². The highest BCUT2D eigenvalue weighted by molar-refractivity contribution is 6.36. The SMILES string of the molecule is CCOc1ccccc1NC1=C(c2ccc(OCC(C)C)cc2)C(=O)N(Cc2ccco2)C1=O. The van der Waals surface area contributed by atoms with Crippen LogP contribution in [0.25, 0.3) is 5.57 Å². The van der Waals surface area contributed by atoms with Gasteiger partial charge in [-0.1, -0.05) is 38.1 Å². The zero-order valence-corrected chi connectivity index (χ0v) is 19.5. The summed E-state index contributed by atoms with van der Waals surface area (Å²) >= 11 is 0. The molecule has 1 aliphatic heterocycles. The summed E-state index contributed by atoms with van der Waals surface area (Å²) in [6.45, 7) is 7.15. The van der Waals surface area contributed by atoms with E-state index in [4.69, 9.17) is 13.9 Å². The van der Waals surface area contributed by atoms with Gasteiger partial charge in [0.2, 0.25) is 0 Å². The molecule has 0 atom stereocenters. The number of rotatable bonds is 10. The number of anilines is 1. The van der Waals surface area contributed by atoms with Crippen molar-refractivity contribution < 1.29 is 23.5 Å². The molecule has 0 unspecified atom stereocenters. The Bertz CT molecular complexity index is 1180. The van der Waals surface area contributed by atoms with Crippen LogP contribution in [-0.2, 0) is 16.1 Å². The summed E-state index contributed by atoms with van der Waals surface area (Å²) in [4.78, 5) is 28.1. The van der Waals surface area contributed by atoms with Crippen molar-refractivity contribution in [3.63, 3.8) is 0 Å². The summed E-state index contributed by atoms with van der Waals surface area (Å²) in [6.07, 6.45) is 1.52. The van der Waals surface area contributed by atoms with Crippen LogP contribution in [0, 0.1) is 5.92 Å². The van der Waals surface area contributed by atoms with E-state index in [0.717, 1.165) is 0 Å². The summed E-state index contributed by atoms with van der Waals surface area (Å²) in [6, 6.07) is 18.0. The normalized spacial score (nSPS) is 13.7. The van der Waals surface area contributed by atoms with E-state index in [0.29, 0.717) is 53.2 Å². The van der Waals surface area contributed by atoms with Crippen molar-refractivity contribution in [1.82, 2.24) is 4.90 Å². The van der Waals surface area contributed by atoms with Crippen LogP contribution in [0.1, 0.15) is 32.1 Å². The number of nitrogens with zero attached hydrogens (tertiary/aromatic N) is 1. The molecular weight excluding hydrogens is 432 g/mol. The monoisotopic (exact) mass is 460 g/mol. The van der Waals surface area contributed by atoms with Crippen LogP contribution in [-0.4, -0.2) is 29.9 Å². The molecule has 2 aromatic carbocycles. The smallest absolute Gasteiger partial charge is 0.278 e. The maximum absolute atomic E-state index is 13.5. The third kappa shape index (κ3) is 4.98. The van der Waals surface area contributed by atoms with Crippen LogP contribution < -0.4 is 14.8 Å². The number of imide groups is 1. The molecule has 7 heteroatoms. The zero-order chi connectivity index (χ0) is 24.1. The first kappa shape index (κ1) is 23.2. The molecule has 34 heavy (non-hydrogen) atoms. The van der Waals surface area contributed by atoms with E-state index < -0.39 is 11.8 Å². The molecule has 1 aromatic heterocycles. The lowest BCUT2D eigenvalue weighted by Crippen LogP contribution is -2.31. The Balaban J connectivity index is 1.70. The molecule has 1 aliphatic rings. The lowest BCUT2D eigenvalue weighted by atomic mass is 10.0. The van der Waals surface area contributed by atoms with Crippen LogP contribution in [0.15, 0.2) is 77.0 Å². The average molecular weight is 461 g/mol. The third-order valence-corrected chi connectivity index (χ3v) is 5.23. The van der Waals surface area contributed by atoms with Crippen LogP contribution in [0.2, 0.25) is 0 Å². The van der Waals surface area contributed by atoms with Crippen molar-refractivity contribution in [2.75, 3.05) is 18.5 Å². The topological polar surface area (TPSA) is 81.0 Å². The van der Waals surface area contributed by atoms with Gasteiger partial charge in [-0.25, -0.2) is 0 Å². The van der Waals surface area contributed by atoms with E-state index >= 15 is 0 Å². The fourth-order valence-corrected chi connectivity index (χ4v) is 3.63. The molecule has 176 valence electrons. The molecule has 0 aliphatic carbocycles. The molecule has 0 fully saturated rings. The van der Waals surface area contributed by atoms with Gasteiger partial charge < -0.3 is 19.2 Å². The zero-order valence-electron chi connectivity index (χ0n) is 19.5. The summed E-state index contributed by atoms with van der Waals surface area (Å²) in [5, 5.41) is 3.17. The standard InChI is InChI=1S/C27H28N2O5/c1-4-32-23-10-6-5-9-22(23)28-25-24(19-11-13-20(14-12-19)34-17-18(2)3)26(30)29(27(25)31)16-21-8-7-15-33-21/h5-15,18,28H,4,16-17H2,1-3H3. The number of nitrogens with one attached hydrogen (secondary N) is 1. The third-order valence-electron chi connectivity index (χ3n) is 5.23. The van der Waals surface area contributed by atoms with E-state index in [1.165, 1.54) is 11.2 Å². The van der Waals surface area contributed by atoms with E-state index in [1.54, 1.807) is 24.3 Å². The van der Waals surface area contributed by atoms with Gasteiger partial charge in [-0.2, -0.15) is 0 Å². The lowest BCUT2D eigenvalue weighted by molar-refractivity contribution is -0.137. The van der Waals surface area contributed by atoms with E-state index in [9.17, 15) is 9.59 Å². The van der Waals surface area contributed by atoms with Crippen LogP contribution in [0.4, 0.5) is 5.69 Å². The number of amides is 2. The Kier molecular flexibility index (Phi) is 7.01. The molecule has 0 saturated carbocycles. The lowest BCUT2D eigenvalue weighted by Gasteiger charge is -2.15. The van der Waals surface area contributed by atoms with Gasteiger partial charge in [0.1, 0.15) is 23.0 Å². The van der Waals surface area contributed by atoms with Crippen molar-refractivity contribution in [3.05, 3.63) is 83.9 Å². The highest BCUT2D eigenvalue weighted by atomic mass is 16.5. The number of furan rings is 1. The van der Waals surface area contributed by atoms with Gasteiger partial charge >= 0.3 is 0 Å². The van der Waals surface area contributed by atoms with Gasteiger partial charge in [-0.15, -0.1) is 0 Å². The van der Waals surface area contributed by atoms with Gasteiger partial charge in [0.15, 0.2) is 0 Å². The van der Waals surface area contributed by atoms with Gasteiger partial charge in [0.25, 0.3) is 11.8 Å². The molecule has 1 N–H and O–H groups in total. The number of hydrogen-bond donors (Lipinski definition) is 1. The minimum atomic E-state index is -0.428. The van der Waals surface area contributed by atoms with Crippen LogP contribution >= 0.6 is 0 Å². The molecule has 2 heterocycles. The fraction of sp³-hybridized carbons (Fsp3) is 0.259. The largest absolute Gasteiger partial charge is 0.493 e. The molecule has 4 rings (SSSR count). The van der Waals surface area contributed by atoms with Gasteiger partial charge in [-0.3, -0.25) is 14.5 Å². The molecule has 7 nitrogen and oxygen atoms in total. The fourth-order valence-electron chi connectivity index (χ4n) is 3.63. The van der Waals surface area contributed by atoms with Crippen LogP contribution in [0.3, 0.4) is 0 Å². The maximum Gasteiger partial charge on any atom is 0.278 e. The average Bonchev–Trinajstić information content (AvgIpc) is 3.42. The first-order valence-corrected chi connectivity index (χ1v) is 11.3. The summed E-state index contributed by atoms with van der Waals surface area (Å²) < 4.78 is 16.8. The minimum Gasteiger partial charge on any atom is -0.493 e. The second-order valence-corrected chi connectivity index (χ2v) is 8.31. The highest BCUT2D eigenvalue weighted by Gasteiger charge is 2.40. The Morgan fingerprint density at radius 3 is 2.38 bits per heavy atom. The van der Waals surface area contributed by atoms with Gasteiger partial charge in [0.05, 0.1) is 37.3 Å². The number of benzene rings is 2. The second-order valence-electron chi connectivity index (χ2n) is 8.31. The van der Waals surface area contributed by atoms with Gasteiger partial charge in [-0.05, 0) is 54.8 Å². The maximum atomic E-state index is 13.5. The summed E-state index contributed by atoms with van der Waals surface area (Å²) in [7, 11) is 0. The molecule has 0 radical (unpaired) electrons. The molecule has 3 aromatic rings. The molecule has 0 bridgehead atoms. The first-order valence-electron chi connectivity index (χ1n) is 11.3. The van der Waals surface area contributed by atoms with Crippen molar-refractivity contribution in [2.24, 2.45) is 5.92 Å². The molecular formula is C27H28N2O5. The predicted octanol–water partition coefficient (Wildman–Crippen LogP) is 5.11. The first-order chi connectivity index (χ1) is 16.5. The van der Waals surface area contributed by atoms with E-state index in [-0.39, 0.29) is 12.2 Å². The Morgan fingerprint density at radius 2 is 1.71 bits per heavy atom. The summed E-state index contributed by atoms with van der Waals surface area (Å²) in [5.74, 6) is 1.40. The Hall–Kier alpha value is -4.00. The van der Waals surface area contributed by atoms with Crippen molar-refractivity contribution in [1.29, 1.82) is 0 Å². The van der Waals surface area contributed by atoms with Gasteiger partial charge in [0, 0.05) is 0 Å². The van der Waals surface area contributed by atoms with Crippen molar-refractivity contribution >= 4 is 23.1 Å². The number of carbonyl (C=O) groups is 2. The highest BCUT2D eigenvalue weighted by Crippen LogP contribution is 2.34. The Labute approximate surface area is 199 Å². The van der Waals surface area contributed by atoms with Crippen molar-refractivity contribution in [2.45, 2.75) is 27.3 Å². The number of para-hydroxylation sites is 2.